The van der Waals surface area contributed by atoms with E-state index >= 15 is 0 Å². The van der Waals surface area contributed by atoms with Crippen molar-refractivity contribution in [3.05, 3.63) is 77.9 Å². The van der Waals surface area contributed by atoms with Gasteiger partial charge in [0.2, 0.25) is 0 Å². The maximum Gasteiger partial charge on any atom is 0.0464 e. The molecule has 0 unspecified atom stereocenters. The highest BCUT2D eigenvalue weighted by molar-refractivity contribution is 5.78. The van der Waals surface area contributed by atoms with Crippen LogP contribution in [0.15, 0.2) is 66.7 Å². The van der Waals surface area contributed by atoms with E-state index in [1.165, 1.54) is 11.1 Å². The van der Waals surface area contributed by atoms with Crippen LogP contribution in [-0.4, -0.2) is 0 Å². The number of nitrogens with zero attached hydrogens (tertiary/aromatic N) is 1. The fourth-order valence-corrected chi connectivity index (χ4v) is 2.56. The number of hydrogen-bond donors (Lipinski definition) is 2. The van der Waals surface area contributed by atoms with Crippen LogP contribution in [0.3, 0.4) is 0 Å². The molecular formula is C20H21N3. The molecule has 0 fully saturated rings. The second kappa shape index (κ2) is 6.05. The van der Waals surface area contributed by atoms with Crippen LogP contribution in [0.5, 0.6) is 0 Å². The van der Waals surface area contributed by atoms with Gasteiger partial charge in [0.1, 0.15) is 0 Å². The van der Waals surface area contributed by atoms with Crippen LogP contribution >= 0.6 is 0 Å². The van der Waals surface area contributed by atoms with Gasteiger partial charge in [-0.2, -0.15) is 0 Å². The average molecular weight is 303 g/mol. The molecule has 0 aliphatic rings. The summed E-state index contributed by atoms with van der Waals surface area (Å²) in [6.45, 7) is 4.25. The highest BCUT2D eigenvalue weighted by Gasteiger charge is 2.12. The highest BCUT2D eigenvalue weighted by Crippen LogP contribution is 2.35. The molecule has 0 amide bonds. The summed E-state index contributed by atoms with van der Waals surface area (Å²) in [6.07, 6.45) is 0. The van der Waals surface area contributed by atoms with Gasteiger partial charge in [0.05, 0.1) is 0 Å². The van der Waals surface area contributed by atoms with E-state index < -0.39 is 0 Å². The topological polar surface area (TPSA) is 55.3 Å². The van der Waals surface area contributed by atoms with Crippen LogP contribution < -0.4 is 16.4 Å². The Labute approximate surface area is 137 Å². The summed E-state index contributed by atoms with van der Waals surface area (Å²) < 4.78 is 0. The summed E-state index contributed by atoms with van der Waals surface area (Å²) in [5, 5.41) is 0. The molecule has 0 aliphatic heterocycles. The number of nitrogen functional groups attached to an aromatic ring is 2. The van der Waals surface area contributed by atoms with E-state index in [0.29, 0.717) is 0 Å². The first-order chi connectivity index (χ1) is 11.0. The molecule has 3 aromatic rings. The first-order valence-corrected chi connectivity index (χ1v) is 7.63. The third-order valence-corrected chi connectivity index (χ3v) is 4.05. The minimum absolute atomic E-state index is 0.756. The molecule has 116 valence electrons. The van der Waals surface area contributed by atoms with Crippen molar-refractivity contribution in [1.29, 1.82) is 0 Å². The number of rotatable bonds is 3. The van der Waals surface area contributed by atoms with Crippen LogP contribution in [0.25, 0.3) is 0 Å². The number of benzene rings is 3. The largest absolute Gasteiger partial charge is 0.399 e. The minimum atomic E-state index is 0.756. The van der Waals surface area contributed by atoms with E-state index in [1.54, 1.807) is 0 Å². The molecule has 0 aromatic heterocycles. The Bertz CT molecular complexity index is 760. The normalized spacial score (nSPS) is 10.5. The predicted octanol–water partition coefficient (Wildman–Crippen LogP) is 4.94. The fourth-order valence-electron chi connectivity index (χ4n) is 2.56. The SMILES string of the molecule is Cc1ccc(N(c2ccc(N)cc2)c2ccc(N)cc2)cc1C. The number of nitrogens with two attached hydrogens (primary N) is 2. The molecule has 3 aromatic carbocycles. The Morgan fingerprint density at radius 2 is 1.00 bits per heavy atom. The van der Waals surface area contributed by atoms with E-state index in [2.05, 4.69) is 36.9 Å². The maximum absolute atomic E-state index is 5.83. The number of aryl methyl sites for hydroxylation is 2. The summed E-state index contributed by atoms with van der Waals surface area (Å²) in [5.74, 6) is 0. The Kier molecular flexibility index (Phi) is 3.94. The van der Waals surface area contributed by atoms with Crippen molar-refractivity contribution < 1.29 is 0 Å². The predicted molar refractivity (Wildman–Crippen MR) is 99.4 cm³/mol. The van der Waals surface area contributed by atoms with Gasteiger partial charge < -0.3 is 16.4 Å². The van der Waals surface area contributed by atoms with Crippen molar-refractivity contribution in [1.82, 2.24) is 0 Å². The first kappa shape index (κ1) is 15.0. The zero-order valence-corrected chi connectivity index (χ0v) is 13.5. The smallest absolute Gasteiger partial charge is 0.0464 e. The fraction of sp³-hybridized carbons (Fsp3) is 0.100. The van der Waals surface area contributed by atoms with Gasteiger partial charge in [-0.1, -0.05) is 6.07 Å². The van der Waals surface area contributed by atoms with Crippen molar-refractivity contribution >= 4 is 28.4 Å². The van der Waals surface area contributed by atoms with Gasteiger partial charge in [0.15, 0.2) is 0 Å². The van der Waals surface area contributed by atoms with E-state index in [-0.39, 0.29) is 0 Å². The Hall–Kier alpha value is -2.94. The lowest BCUT2D eigenvalue weighted by atomic mass is 10.1. The van der Waals surface area contributed by atoms with Crippen molar-refractivity contribution in [3.8, 4) is 0 Å². The van der Waals surface area contributed by atoms with Crippen LogP contribution in [0.4, 0.5) is 28.4 Å². The maximum atomic E-state index is 5.83. The molecule has 0 heterocycles. The summed E-state index contributed by atoms with van der Waals surface area (Å²) in [5.41, 5.74) is 19.0. The molecule has 0 spiro atoms. The zero-order chi connectivity index (χ0) is 16.4. The molecule has 0 saturated carbocycles. The van der Waals surface area contributed by atoms with Gasteiger partial charge in [-0.15, -0.1) is 0 Å². The monoisotopic (exact) mass is 303 g/mol. The van der Waals surface area contributed by atoms with Crippen molar-refractivity contribution in [3.63, 3.8) is 0 Å². The Morgan fingerprint density at radius 1 is 0.565 bits per heavy atom. The molecule has 3 heteroatoms. The summed E-state index contributed by atoms with van der Waals surface area (Å²) in [7, 11) is 0. The second-order valence-corrected chi connectivity index (χ2v) is 5.79. The Morgan fingerprint density at radius 3 is 1.43 bits per heavy atom. The van der Waals surface area contributed by atoms with Crippen LogP contribution in [-0.2, 0) is 0 Å². The molecule has 3 rings (SSSR count). The molecule has 0 bridgehead atoms. The van der Waals surface area contributed by atoms with E-state index in [4.69, 9.17) is 11.5 Å². The Balaban J connectivity index is 2.14. The molecule has 0 radical (unpaired) electrons. The third-order valence-electron chi connectivity index (χ3n) is 4.05. The van der Waals surface area contributed by atoms with Gasteiger partial charge in [0, 0.05) is 28.4 Å². The van der Waals surface area contributed by atoms with Crippen molar-refractivity contribution in [2.24, 2.45) is 0 Å². The van der Waals surface area contributed by atoms with E-state index in [9.17, 15) is 0 Å². The van der Waals surface area contributed by atoms with E-state index in [1.807, 2.05) is 48.5 Å². The summed E-state index contributed by atoms with van der Waals surface area (Å²) in [6, 6.07) is 22.3. The van der Waals surface area contributed by atoms with Crippen molar-refractivity contribution in [2.75, 3.05) is 16.4 Å². The lowest BCUT2D eigenvalue weighted by Gasteiger charge is -2.26. The first-order valence-electron chi connectivity index (χ1n) is 7.63. The molecule has 0 aliphatic carbocycles. The van der Waals surface area contributed by atoms with Crippen molar-refractivity contribution in [2.45, 2.75) is 13.8 Å². The molecule has 0 saturated heterocycles. The average Bonchev–Trinajstić information content (AvgIpc) is 2.55. The van der Waals surface area contributed by atoms with Gasteiger partial charge in [-0.05, 0) is 85.6 Å². The third kappa shape index (κ3) is 3.14. The van der Waals surface area contributed by atoms with E-state index in [0.717, 1.165) is 28.4 Å². The van der Waals surface area contributed by atoms with Gasteiger partial charge in [0.25, 0.3) is 0 Å². The lowest BCUT2D eigenvalue weighted by Crippen LogP contribution is -2.10. The molecule has 4 N–H and O–H groups in total. The van der Waals surface area contributed by atoms with Crippen LogP contribution in [0.1, 0.15) is 11.1 Å². The molecule has 23 heavy (non-hydrogen) atoms. The van der Waals surface area contributed by atoms with Crippen LogP contribution in [0, 0.1) is 13.8 Å². The molecule has 0 atom stereocenters. The zero-order valence-electron chi connectivity index (χ0n) is 13.5. The number of anilines is 5. The van der Waals surface area contributed by atoms with Crippen LogP contribution in [0.2, 0.25) is 0 Å². The van der Waals surface area contributed by atoms with Gasteiger partial charge in [-0.25, -0.2) is 0 Å². The number of hydrogen-bond acceptors (Lipinski definition) is 3. The molecular weight excluding hydrogens is 282 g/mol. The standard InChI is InChI=1S/C20H21N3/c1-14-3-8-20(13-15(14)2)23(18-9-4-16(21)5-10-18)19-11-6-17(22)7-12-19/h3-13H,21-22H2,1-2H3. The highest BCUT2D eigenvalue weighted by atomic mass is 15.1. The second-order valence-electron chi connectivity index (χ2n) is 5.79. The summed E-state index contributed by atoms with van der Waals surface area (Å²) in [4.78, 5) is 2.20. The van der Waals surface area contributed by atoms with Gasteiger partial charge >= 0.3 is 0 Å². The molecule has 3 nitrogen and oxygen atoms in total. The quantitative estimate of drug-likeness (QED) is 0.674. The summed E-state index contributed by atoms with van der Waals surface area (Å²) >= 11 is 0. The van der Waals surface area contributed by atoms with Gasteiger partial charge in [-0.3, -0.25) is 0 Å². The minimum Gasteiger partial charge on any atom is -0.399 e. The lowest BCUT2D eigenvalue weighted by molar-refractivity contribution is 1.25.